The average molecular weight is 250 g/mol. The van der Waals surface area contributed by atoms with Gasteiger partial charge in [0.05, 0.1) is 12.5 Å². The van der Waals surface area contributed by atoms with Crippen molar-refractivity contribution in [3.8, 4) is 16.9 Å². The molecule has 0 spiro atoms. The highest BCUT2D eigenvalue weighted by Gasteiger charge is 2.25. The summed E-state index contributed by atoms with van der Waals surface area (Å²) < 4.78 is 10.9. The smallest absolute Gasteiger partial charge is 0.131 e. The summed E-state index contributed by atoms with van der Waals surface area (Å²) in [5.74, 6) is 0.881. The predicted octanol–water partition coefficient (Wildman–Crippen LogP) is 2.86. The predicted molar refractivity (Wildman–Crippen MR) is 66.3 cm³/mol. The minimum absolute atomic E-state index is 0.0501. The fraction of sp³-hybridized carbons (Fsp3) is 0.231. The van der Waals surface area contributed by atoms with E-state index in [4.69, 9.17) is 26.5 Å². The van der Waals surface area contributed by atoms with E-state index in [9.17, 15) is 0 Å². The van der Waals surface area contributed by atoms with Crippen LogP contribution in [0.4, 0.5) is 0 Å². The highest BCUT2D eigenvalue weighted by molar-refractivity contribution is 6.31. The van der Waals surface area contributed by atoms with Gasteiger partial charge in [0.1, 0.15) is 11.9 Å². The molecule has 1 aromatic carbocycles. The summed E-state index contributed by atoms with van der Waals surface area (Å²) in [6, 6.07) is 5.73. The SMILES string of the molecule is NC[C@H]1Cc2cc(Cl)cc(-c3ccoc3)c2O1. The molecule has 1 aromatic heterocycles. The van der Waals surface area contributed by atoms with Crippen molar-refractivity contribution in [1.29, 1.82) is 0 Å². The van der Waals surface area contributed by atoms with E-state index >= 15 is 0 Å². The molecule has 0 bridgehead atoms. The number of ether oxygens (including phenoxy) is 1. The van der Waals surface area contributed by atoms with Gasteiger partial charge in [0.25, 0.3) is 0 Å². The fourth-order valence-corrected chi connectivity index (χ4v) is 2.40. The molecular weight excluding hydrogens is 238 g/mol. The summed E-state index contributed by atoms with van der Waals surface area (Å²) in [7, 11) is 0. The molecule has 2 heterocycles. The Hall–Kier alpha value is -1.45. The molecule has 1 aliphatic heterocycles. The zero-order chi connectivity index (χ0) is 11.8. The lowest BCUT2D eigenvalue weighted by atomic mass is 10.0. The number of hydrogen-bond donors (Lipinski definition) is 1. The number of fused-ring (bicyclic) bond motifs is 1. The van der Waals surface area contributed by atoms with Gasteiger partial charge in [0.15, 0.2) is 0 Å². The van der Waals surface area contributed by atoms with Crippen LogP contribution in [0.1, 0.15) is 5.56 Å². The van der Waals surface area contributed by atoms with Gasteiger partial charge in [-0.3, -0.25) is 0 Å². The lowest BCUT2D eigenvalue weighted by Crippen LogP contribution is -2.24. The summed E-state index contributed by atoms with van der Waals surface area (Å²) in [5.41, 5.74) is 8.70. The average Bonchev–Trinajstić information content (AvgIpc) is 2.96. The molecule has 17 heavy (non-hydrogen) atoms. The number of benzene rings is 1. The number of halogens is 1. The van der Waals surface area contributed by atoms with Crippen LogP contribution >= 0.6 is 11.6 Å². The first kappa shape index (κ1) is 10.7. The van der Waals surface area contributed by atoms with Gasteiger partial charge in [0.2, 0.25) is 0 Å². The van der Waals surface area contributed by atoms with Crippen LogP contribution < -0.4 is 10.5 Å². The number of rotatable bonds is 2. The largest absolute Gasteiger partial charge is 0.488 e. The third-order valence-electron chi connectivity index (χ3n) is 2.96. The Bertz CT molecular complexity index is 537. The summed E-state index contributed by atoms with van der Waals surface area (Å²) in [4.78, 5) is 0. The van der Waals surface area contributed by atoms with Crippen molar-refractivity contribution in [2.75, 3.05) is 6.54 Å². The third kappa shape index (κ3) is 1.81. The molecule has 1 aliphatic rings. The van der Waals surface area contributed by atoms with Crippen LogP contribution in [0.15, 0.2) is 35.1 Å². The molecular formula is C13H12ClNO2. The van der Waals surface area contributed by atoms with E-state index in [1.807, 2.05) is 18.2 Å². The van der Waals surface area contributed by atoms with Crippen molar-refractivity contribution in [2.45, 2.75) is 12.5 Å². The fourth-order valence-electron chi connectivity index (χ4n) is 2.16. The number of hydrogen-bond acceptors (Lipinski definition) is 3. The van der Waals surface area contributed by atoms with E-state index in [1.165, 1.54) is 0 Å². The minimum Gasteiger partial charge on any atom is -0.488 e. The van der Waals surface area contributed by atoms with Crippen LogP contribution in [-0.4, -0.2) is 12.6 Å². The summed E-state index contributed by atoms with van der Waals surface area (Å²) in [5, 5.41) is 0.709. The van der Waals surface area contributed by atoms with Gasteiger partial charge in [-0.2, -0.15) is 0 Å². The summed E-state index contributed by atoms with van der Waals surface area (Å²) in [6.07, 6.45) is 4.19. The zero-order valence-electron chi connectivity index (χ0n) is 9.15. The molecule has 0 radical (unpaired) electrons. The van der Waals surface area contributed by atoms with E-state index in [0.717, 1.165) is 28.9 Å². The van der Waals surface area contributed by atoms with Crippen LogP contribution in [0.3, 0.4) is 0 Å². The van der Waals surface area contributed by atoms with Crippen molar-refractivity contribution in [2.24, 2.45) is 5.73 Å². The Balaban J connectivity index is 2.12. The second-order valence-electron chi connectivity index (χ2n) is 4.13. The zero-order valence-corrected chi connectivity index (χ0v) is 9.91. The van der Waals surface area contributed by atoms with Crippen LogP contribution in [0.25, 0.3) is 11.1 Å². The van der Waals surface area contributed by atoms with Crippen LogP contribution in [0, 0.1) is 0 Å². The van der Waals surface area contributed by atoms with E-state index in [1.54, 1.807) is 12.5 Å². The molecule has 0 saturated heterocycles. The Kier molecular flexibility index (Phi) is 2.57. The lowest BCUT2D eigenvalue weighted by molar-refractivity contribution is 0.242. The van der Waals surface area contributed by atoms with E-state index in [2.05, 4.69) is 0 Å². The summed E-state index contributed by atoms with van der Waals surface area (Å²) in [6.45, 7) is 0.511. The van der Waals surface area contributed by atoms with Crippen LogP contribution in [-0.2, 0) is 6.42 Å². The van der Waals surface area contributed by atoms with Crippen molar-refractivity contribution in [3.05, 3.63) is 41.3 Å². The Labute approximate surface area is 104 Å². The van der Waals surface area contributed by atoms with E-state index in [-0.39, 0.29) is 6.10 Å². The molecule has 0 aliphatic carbocycles. The van der Waals surface area contributed by atoms with Gasteiger partial charge < -0.3 is 14.9 Å². The maximum atomic E-state index is 6.12. The second-order valence-corrected chi connectivity index (χ2v) is 4.57. The second kappa shape index (κ2) is 4.09. The Morgan fingerprint density at radius 2 is 2.29 bits per heavy atom. The van der Waals surface area contributed by atoms with Crippen LogP contribution in [0.5, 0.6) is 5.75 Å². The lowest BCUT2D eigenvalue weighted by Gasteiger charge is -2.09. The van der Waals surface area contributed by atoms with Gasteiger partial charge in [-0.15, -0.1) is 0 Å². The maximum Gasteiger partial charge on any atom is 0.131 e. The molecule has 3 nitrogen and oxygen atoms in total. The molecule has 88 valence electrons. The highest BCUT2D eigenvalue weighted by atomic mass is 35.5. The van der Waals surface area contributed by atoms with Gasteiger partial charge in [-0.1, -0.05) is 11.6 Å². The van der Waals surface area contributed by atoms with Crippen molar-refractivity contribution in [1.82, 2.24) is 0 Å². The van der Waals surface area contributed by atoms with Gasteiger partial charge in [0, 0.05) is 29.1 Å². The van der Waals surface area contributed by atoms with Gasteiger partial charge >= 0.3 is 0 Å². The third-order valence-corrected chi connectivity index (χ3v) is 3.18. The first-order chi connectivity index (χ1) is 8.28. The molecule has 0 fully saturated rings. The van der Waals surface area contributed by atoms with Gasteiger partial charge in [-0.05, 0) is 23.8 Å². The summed E-state index contributed by atoms with van der Waals surface area (Å²) >= 11 is 6.12. The van der Waals surface area contributed by atoms with Crippen LogP contribution in [0.2, 0.25) is 5.02 Å². The molecule has 2 N–H and O–H groups in total. The molecule has 2 aromatic rings. The maximum absolute atomic E-state index is 6.12. The monoisotopic (exact) mass is 249 g/mol. The number of furan rings is 1. The quantitative estimate of drug-likeness (QED) is 0.890. The first-order valence-electron chi connectivity index (χ1n) is 5.49. The highest BCUT2D eigenvalue weighted by Crippen LogP contribution is 2.40. The molecule has 0 saturated carbocycles. The van der Waals surface area contributed by atoms with Crippen molar-refractivity contribution >= 4 is 11.6 Å². The number of nitrogens with two attached hydrogens (primary N) is 1. The standard InChI is InChI=1S/C13H12ClNO2/c14-10-3-9-4-11(6-15)17-13(9)12(5-10)8-1-2-16-7-8/h1-3,5,7,11H,4,6,15H2/t11-/m1/s1. The Morgan fingerprint density at radius 1 is 1.41 bits per heavy atom. The molecule has 1 atom stereocenters. The van der Waals surface area contributed by atoms with Crippen molar-refractivity contribution in [3.63, 3.8) is 0 Å². The molecule has 0 unspecified atom stereocenters. The molecule has 4 heteroatoms. The molecule has 3 rings (SSSR count). The first-order valence-corrected chi connectivity index (χ1v) is 5.87. The normalized spacial score (nSPS) is 17.9. The topological polar surface area (TPSA) is 48.4 Å². The minimum atomic E-state index is 0.0501. The molecule has 0 amide bonds. The van der Waals surface area contributed by atoms with Gasteiger partial charge in [-0.25, -0.2) is 0 Å². The van der Waals surface area contributed by atoms with Crippen molar-refractivity contribution < 1.29 is 9.15 Å². The Morgan fingerprint density at radius 3 is 3.00 bits per heavy atom. The van der Waals surface area contributed by atoms with E-state index in [0.29, 0.717) is 11.6 Å². The van der Waals surface area contributed by atoms with E-state index < -0.39 is 0 Å².